The Labute approximate surface area is 130 Å². The fraction of sp³-hybridized carbons (Fsp3) is 0.467. The zero-order valence-electron chi connectivity index (χ0n) is 11.7. The number of nitrogens with one attached hydrogen (secondary N) is 1. The minimum atomic E-state index is -2.55. The molecular weight excluding hydrogens is 312 g/mol. The van der Waals surface area contributed by atoms with E-state index in [4.69, 9.17) is 11.6 Å². The van der Waals surface area contributed by atoms with Crippen molar-refractivity contribution < 1.29 is 13.6 Å². The standard InChI is InChI=1S/C15H14ClF2N3O/c16-10-2-1-9-7-19-20-12(9)11(10)13(22)21-5-3-14(4-6-21)8-15(14,17)18/h1-2,7H,3-6,8H2,(H,19,20). The van der Waals surface area contributed by atoms with Gasteiger partial charge in [0, 0.05) is 30.3 Å². The molecule has 0 bridgehead atoms. The molecule has 22 heavy (non-hydrogen) atoms. The number of aromatic amines is 1. The van der Waals surface area contributed by atoms with Crippen LogP contribution in [0.25, 0.3) is 10.9 Å². The number of benzene rings is 1. The zero-order valence-corrected chi connectivity index (χ0v) is 12.5. The maximum atomic E-state index is 13.4. The van der Waals surface area contributed by atoms with Crippen LogP contribution in [0.4, 0.5) is 8.78 Å². The van der Waals surface area contributed by atoms with Crippen molar-refractivity contribution >= 4 is 28.4 Å². The zero-order chi connectivity index (χ0) is 15.5. The molecule has 116 valence electrons. The van der Waals surface area contributed by atoms with Crippen molar-refractivity contribution in [3.63, 3.8) is 0 Å². The second kappa shape index (κ2) is 4.41. The molecule has 1 aromatic heterocycles. The third kappa shape index (κ3) is 1.86. The molecule has 1 aromatic carbocycles. The van der Waals surface area contributed by atoms with E-state index in [9.17, 15) is 13.6 Å². The Morgan fingerprint density at radius 3 is 2.64 bits per heavy atom. The van der Waals surface area contributed by atoms with E-state index < -0.39 is 11.3 Å². The third-order valence-electron chi connectivity index (χ3n) is 5.00. The summed E-state index contributed by atoms with van der Waals surface area (Å²) in [4.78, 5) is 14.3. The van der Waals surface area contributed by atoms with Crippen LogP contribution in [0.3, 0.4) is 0 Å². The molecule has 2 aromatic rings. The summed E-state index contributed by atoms with van der Waals surface area (Å²) in [7, 11) is 0. The van der Waals surface area contributed by atoms with Crippen molar-refractivity contribution in [3.8, 4) is 0 Å². The van der Waals surface area contributed by atoms with Crippen molar-refractivity contribution in [2.24, 2.45) is 5.41 Å². The summed E-state index contributed by atoms with van der Waals surface area (Å²) in [5, 5.41) is 7.86. The average Bonchev–Trinajstić information content (AvgIpc) is 2.85. The van der Waals surface area contributed by atoms with Crippen LogP contribution in [0.5, 0.6) is 0 Å². The topological polar surface area (TPSA) is 49.0 Å². The Hall–Kier alpha value is -1.69. The molecule has 7 heteroatoms. The Morgan fingerprint density at radius 2 is 2.00 bits per heavy atom. The molecule has 1 saturated carbocycles. The molecule has 0 atom stereocenters. The number of rotatable bonds is 1. The lowest BCUT2D eigenvalue weighted by molar-refractivity contribution is 0.0285. The fourth-order valence-electron chi connectivity index (χ4n) is 3.42. The van der Waals surface area contributed by atoms with Crippen molar-refractivity contribution in [1.29, 1.82) is 0 Å². The number of alkyl halides is 2. The highest BCUT2D eigenvalue weighted by Gasteiger charge is 2.70. The van der Waals surface area contributed by atoms with Crippen LogP contribution in [0.15, 0.2) is 18.3 Å². The van der Waals surface area contributed by atoms with E-state index in [1.807, 2.05) is 0 Å². The Bertz CT molecular complexity index is 765. The lowest BCUT2D eigenvalue weighted by Gasteiger charge is -2.32. The minimum absolute atomic E-state index is 0.0427. The summed E-state index contributed by atoms with van der Waals surface area (Å²) in [6, 6.07) is 3.45. The number of halogens is 3. The first-order chi connectivity index (χ1) is 10.4. The van der Waals surface area contributed by atoms with Crippen LogP contribution >= 0.6 is 11.6 Å². The van der Waals surface area contributed by atoms with Gasteiger partial charge in [0.05, 0.1) is 22.3 Å². The van der Waals surface area contributed by atoms with Crippen molar-refractivity contribution in [1.82, 2.24) is 15.1 Å². The highest BCUT2D eigenvalue weighted by molar-refractivity contribution is 6.35. The van der Waals surface area contributed by atoms with Crippen molar-refractivity contribution in [3.05, 3.63) is 28.9 Å². The van der Waals surface area contributed by atoms with Crippen LogP contribution in [0.2, 0.25) is 5.02 Å². The maximum Gasteiger partial charge on any atom is 0.257 e. The molecule has 1 saturated heterocycles. The van der Waals surface area contributed by atoms with E-state index in [0.717, 1.165) is 5.39 Å². The van der Waals surface area contributed by atoms with Gasteiger partial charge in [-0.15, -0.1) is 0 Å². The minimum Gasteiger partial charge on any atom is -0.338 e. The molecule has 2 aliphatic rings. The summed E-state index contributed by atoms with van der Waals surface area (Å²) in [5.74, 6) is -2.78. The third-order valence-corrected chi connectivity index (χ3v) is 5.31. The molecular formula is C15H14ClF2N3O. The van der Waals surface area contributed by atoms with Gasteiger partial charge in [-0.3, -0.25) is 9.89 Å². The number of aromatic nitrogens is 2. The van der Waals surface area contributed by atoms with Crippen molar-refractivity contribution in [2.45, 2.75) is 25.2 Å². The molecule has 4 rings (SSSR count). The number of H-pyrrole nitrogens is 1. The summed E-state index contributed by atoms with van der Waals surface area (Å²) < 4.78 is 26.8. The number of likely N-dealkylation sites (tertiary alicyclic amines) is 1. The number of nitrogens with zero attached hydrogens (tertiary/aromatic N) is 2. The van der Waals surface area contributed by atoms with Gasteiger partial charge in [0.25, 0.3) is 11.8 Å². The molecule has 1 spiro atoms. The van der Waals surface area contributed by atoms with Crippen molar-refractivity contribution in [2.75, 3.05) is 13.1 Å². The SMILES string of the molecule is O=C(c1c(Cl)ccc2cn[nH]c12)N1CCC2(CC1)CC2(F)F. The number of fused-ring (bicyclic) bond motifs is 1. The first-order valence-electron chi connectivity index (χ1n) is 7.22. The van der Waals surface area contributed by atoms with Crippen LogP contribution < -0.4 is 0 Å². The van der Waals surface area contributed by atoms with Crippen LogP contribution in [0.1, 0.15) is 29.6 Å². The number of carbonyl (C=O) groups excluding carboxylic acids is 1. The number of hydrogen-bond donors (Lipinski definition) is 1. The van der Waals surface area contributed by atoms with Crippen LogP contribution in [-0.2, 0) is 0 Å². The molecule has 0 unspecified atom stereocenters. The predicted molar refractivity (Wildman–Crippen MR) is 78.2 cm³/mol. The second-order valence-electron chi connectivity index (χ2n) is 6.21. The Kier molecular flexibility index (Phi) is 2.79. The second-order valence-corrected chi connectivity index (χ2v) is 6.62. The van der Waals surface area contributed by atoms with E-state index in [-0.39, 0.29) is 12.3 Å². The summed E-state index contributed by atoms with van der Waals surface area (Å²) in [6.07, 6.45) is 2.28. The average molecular weight is 326 g/mol. The first-order valence-corrected chi connectivity index (χ1v) is 7.60. The maximum absolute atomic E-state index is 13.4. The first kappa shape index (κ1) is 13.9. The number of amides is 1. The lowest BCUT2D eigenvalue weighted by Crippen LogP contribution is -2.40. The monoisotopic (exact) mass is 325 g/mol. The summed E-state index contributed by atoms with van der Waals surface area (Å²) >= 11 is 6.17. The lowest BCUT2D eigenvalue weighted by atomic mass is 9.92. The van der Waals surface area contributed by atoms with E-state index in [2.05, 4.69) is 10.2 Å². The molecule has 1 aliphatic heterocycles. The van der Waals surface area contributed by atoms with Gasteiger partial charge in [0.1, 0.15) is 0 Å². The highest BCUT2D eigenvalue weighted by Crippen LogP contribution is 2.65. The molecule has 2 fully saturated rings. The highest BCUT2D eigenvalue weighted by atomic mass is 35.5. The van der Waals surface area contributed by atoms with Gasteiger partial charge in [-0.1, -0.05) is 11.6 Å². The van der Waals surface area contributed by atoms with Gasteiger partial charge in [0.2, 0.25) is 0 Å². The summed E-state index contributed by atoms with van der Waals surface area (Å²) in [6.45, 7) is 0.685. The Morgan fingerprint density at radius 1 is 1.32 bits per heavy atom. The molecule has 1 aliphatic carbocycles. The van der Waals surface area contributed by atoms with Gasteiger partial charge in [0.15, 0.2) is 0 Å². The van der Waals surface area contributed by atoms with Gasteiger partial charge in [-0.2, -0.15) is 5.10 Å². The largest absolute Gasteiger partial charge is 0.338 e. The molecule has 0 radical (unpaired) electrons. The molecule has 2 heterocycles. The van der Waals surface area contributed by atoms with Crippen LogP contribution in [0, 0.1) is 5.41 Å². The quantitative estimate of drug-likeness (QED) is 0.872. The van der Waals surface area contributed by atoms with E-state index >= 15 is 0 Å². The van der Waals surface area contributed by atoms with Gasteiger partial charge in [-0.05, 0) is 25.0 Å². The Balaban J connectivity index is 1.60. The number of piperidine rings is 1. The van der Waals surface area contributed by atoms with Gasteiger partial charge in [-0.25, -0.2) is 8.78 Å². The van der Waals surface area contributed by atoms with Gasteiger partial charge < -0.3 is 4.90 Å². The van der Waals surface area contributed by atoms with E-state index in [1.54, 1.807) is 23.2 Å². The predicted octanol–water partition coefficient (Wildman–Crippen LogP) is 3.48. The smallest absolute Gasteiger partial charge is 0.257 e. The van der Waals surface area contributed by atoms with E-state index in [0.29, 0.717) is 42.0 Å². The van der Waals surface area contributed by atoms with Crippen LogP contribution in [-0.4, -0.2) is 40.0 Å². The number of carbonyl (C=O) groups is 1. The fourth-order valence-corrected chi connectivity index (χ4v) is 3.65. The molecule has 4 nitrogen and oxygen atoms in total. The normalized spacial score (nSPS) is 22.2. The summed E-state index contributed by atoms with van der Waals surface area (Å²) in [5.41, 5.74) is 0.0952. The van der Waals surface area contributed by atoms with E-state index in [1.165, 1.54) is 0 Å². The number of hydrogen-bond acceptors (Lipinski definition) is 2. The van der Waals surface area contributed by atoms with Gasteiger partial charge >= 0.3 is 0 Å². The molecule has 1 N–H and O–H groups in total. The molecule has 1 amide bonds.